The lowest BCUT2D eigenvalue weighted by atomic mass is 9.95. The minimum atomic E-state index is 0.700. The summed E-state index contributed by atoms with van der Waals surface area (Å²) in [5, 5.41) is 3.76. The predicted octanol–water partition coefficient (Wildman–Crippen LogP) is 4.20. The van der Waals surface area contributed by atoms with Crippen molar-refractivity contribution in [2.45, 2.75) is 90.6 Å². The van der Waals surface area contributed by atoms with Gasteiger partial charge in [-0.2, -0.15) is 0 Å². The van der Waals surface area contributed by atoms with Crippen LogP contribution in [-0.2, 0) is 0 Å². The van der Waals surface area contributed by atoms with Gasteiger partial charge in [-0.1, -0.05) is 39.0 Å². The van der Waals surface area contributed by atoms with Crippen molar-refractivity contribution in [1.82, 2.24) is 10.2 Å². The van der Waals surface area contributed by atoms with Crippen LogP contribution in [0.2, 0.25) is 0 Å². The molecule has 1 fully saturated rings. The Labute approximate surface area is 121 Å². The average Bonchev–Trinajstić information content (AvgIpc) is 2.42. The molecule has 1 saturated carbocycles. The number of nitrogens with zero attached hydrogens (tertiary/aromatic N) is 1. The van der Waals surface area contributed by atoms with Crippen LogP contribution < -0.4 is 5.32 Å². The van der Waals surface area contributed by atoms with Crippen LogP contribution in [0.4, 0.5) is 0 Å². The average molecular weight is 268 g/mol. The number of unbranched alkanes of at least 4 members (excludes halogenated alkanes) is 2. The Balaban J connectivity index is 2.06. The van der Waals surface area contributed by atoms with E-state index in [1.165, 1.54) is 77.4 Å². The van der Waals surface area contributed by atoms with Crippen molar-refractivity contribution in [2.24, 2.45) is 0 Å². The highest BCUT2D eigenvalue weighted by Gasteiger charge is 2.13. The Morgan fingerprint density at radius 3 is 2.32 bits per heavy atom. The largest absolute Gasteiger partial charge is 0.314 e. The lowest BCUT2D eigenvalue weighted by Gasteiger charge is -2.27. The second-order valence-electron chi connectivity index (χ2n) is 6.48. The van der Waals surface area contributed by atoms with Crippen LogP contribution in [0.15, 0.2) is 0 Å². The Morgan fingerprint density at radius 1 is 1.00 bits per heavy atom. The molecule has 2 heteroatoms. The molecule has 0 heterocycles. The third-order valence-electron chi connectivity index (χ3n) is 4.44. The van der Waals surface area contributed by atoms with Gasteiger partial charge in [0.05, 0.1) is 0 Å². The van der Waals surface area contributed by atoms with Gasteiger partial charge in [0.25, 0.3) is 0 Å². The Bertz CT molecular complexity index is 197. The molecule has 0 aromatic heterocycles. The van der Waals surface area contributed by atoms with Crippen molar-refractivity contribution in [2.75, 3.05) is 19.6 Å². The monoisotopic (exact) mass is 268 g/mol. The van der Waals surface area contributed by atoms with Gasteiger partial charge in [-0.15, -0.1) is 0 Å². The summed E-state index contributed by atoms with van der Waals surface area (Å²) in [4.78, 5) is 2.65. The molecule has 1 aliphatic carbocycles. The van der Waals surface area contributed by atoms with Crippen molar-refractivity contribution < 1.29 is 0 Å². The van der Waals surface area contributed by atoms with Gasteiger partial charge in [-0.25, -0.2) is 0 Å². The van der Waals surface area contributed by atoms with Crippen LogP contribution in [0.25, 0.3) is 0 Å². The van der Waals surface area contributed by atoms with Crippen LogP contribution in [0.3, 0.4) is 0 Å². The predicted molar refractivity (Wildman–Crippen MR) is 85.7 cm³/mol. The number of nitrogens with one attached hydrogen (secondary N) is 1. The standard InChI is InChI=1S/C17H36N2/c1-4-5-9-14-19(16(2)3)15-10-13-18-17-11-7-6-8-12-17/h16-18H,4-15H2,1-3H3. The Kier molecular flexibility index (Phi) is 9.54. The molecule has 0 bridgehead atoms. The summed E-state index contributed by atoms with van der Waals surface area (Å²) in [6, 6.07) is 1.52. The Morgan fingerprint density at radius 2 is 1.68 bits per heavy atom. The summed E-state index contributed by atoms with van der Waals surface area (Å²) >= 11 is 0. The molecule has 0 aliphatic heterocycles. The highest BCUT2D eigenvalue weighted by atomic mass is 15.1. The maximum absolute atomic E-state index is 3.76. The van der Waals surface area contributed by atoms with E-state index >= 15 is 0 Å². The van der Waals surface area contributed by atoms with Gasteiger partial charge in [-0.05, 0) is 59.2 Å². The van der Waals surface area contributed by atoms with E-state index in [9.17, 15) is 0 Å². The van der Waals surface area contributed by atoms with E-state index in [0.29, 0.717) is 6.04 Å². The first-order valence-corrected chi connectivity index (χ1v) is 8.71. The summed E-state index contributed by atoms with van der Waals surface area (Å²) < 4.78 is 0. The highest BCUT2D eigenvalue weighted by molar-refractivity contribution is 4.72. The highest BCUT2D eigenvalue weighted by Crippen LogP contribution is 2.17. The number of rotatable bonds is 10. The second kappa shape index (κ2) is 10.7. The number of hydrogen-bond donors (Lipinski definition) is 1. The second-order valence-corrected chi connectivity index (χ2v) is 6.48. The van der Waals surface area contributed by atoms with E-state index in [1.54, 1.807) is 0 Å². The zero-order valence-corrected chi connectivity index (χ0v) is 13.6. The smallest absolute Gasteiger partial charge is 0.00670 e. The molecule has 0 amide bonds. The molecule has 0 unspecified atom stereocenters. The van der Waals surface area contributed by atoms with Gasteiger partial charge < -0.3 is 10.2 Å². The molecule has 114 valence electrons. The summed E-state index contributed by atoms with van der Waals surface area (Å²) in [5.41, 5.74) is 0. The molecule has 1 rings (SSSR count). The molecular formula is C17H36N2. The first kappa shape index (κ1) is 17.0. The number of hydrogen-bond acceptors (Lipinski definition) is 2. The minimum absolute atomic E-state index is 0.700. The van der Waals surface area contributed by atoms with Crippen LogP contribution in [-0.4, -0.2) is 36.6 Å². The topological polar surface area (TPSA) is 15.3 Å². The maximum atomic E-state index is 3.76. The summed E-state index contributed by atoms with van der Waals surface area (Å²) in [5.74, 6) is 0. The van der Waals surface area contributed by atoms with Crippen LogP contribution >= 0.6 is 0 Å². The quantitative estimate of drug-likeness (QED) is 0.597. The molecule has 0 aromatic rings. The van der Waals surface area contributed by atoms with E-state index in [0.717, 1.165) is 6.04 Å². The first-order chi connectivity index (χ1) is 9.24. The van der Waals surface area contributed by atoms with Crippen molar-refractivity contribution in [1.29, 1.82) is 0 Å². The third kappa shape index (κ3) is 7.94. The minimum Gasteiger partial charge on any atom is -0.314 e. The van der Waals surface area contributed by atoms with E-state index in [-0.39, 0.29) is 0 Å². The van der Waals surface area contributed by atoms with Gasteiger partial charge in [0.1, 0.15) is 0 Å². The van der Waals surface area contributed by atoms with Crippen LogP contribution in [0, 0.1) is 0 Å². The summed E-state index contributed by atoms with van der Waals surface area (Å²) in [6.07, 6.45) is 12.5. The zero-order valence-electron chi connectivity index (χ0n) is 13.6. The van der Waals surface area contributed by atoms with Crippen LogP contribution in [0.1, 0.15) is 78.6 Å². The van der Waals surface area contributed by atoms with Gasteiger partial charge in [0.15, 0.2) is 0 Å². The maximum Gasteiger partial charge on any atom is 0.00670 e. The van der Waals surface area contributed by atoms with Crippen LogP contribution in [0.5, 0.6) is 0 Å². The van der Waals surface area contributed by atoms with Gasteiger partial charge in [0.2, 0.25) is 0 Å². The molecule has 0 radical (unpaired) electrons. The molecule has 1 aliphatic rings. The van der Waals surface area contributed by atoms with Crippen molar-refractivity contribution >= 4 is 0 Å². The molecule has 0 spiro atoms. The van der Waals surface area contributed by atoms with Crippen molar-refractivity contribution in [3.05, 3.63) is 0 Å². The fourth-order valence-corrected chi connectivity index (χ4v) is 3.09. The molecule has 2 nitrogen and oxygen atoms in total. The van der Waals surface area contributed by atoms with Gasteiger partial charge in [-0.3, -0.25) is 0 Å². The van der Waals surface area contributed by atoms with Crippen molar-refractivity contribution in [3.63, 3.8) is 0 Å². The zero-order chi connectivity index (χ0) is 13.9. The van der Waals surface area contributed by atoms with Crippen molar-refractivity contribution in [3.8, 4) is 0 Å². The fourth-order valence-electron chi connectivity index (χ4n) is 3.09. The fraction of sp³-hybridized carbons (Fsp3) is 1.00. The Hall–Kier alpha value is -0.0800. The van der Waals surface area contributed by atoms with E-state index in [1.807, 2.05) is 0 Å². The van der Waals surface area contributed by atoms with Gasteiger partial charge >= 0.3 is 0 Å². The summed E-state index contributed by atoms with van der Waals surface area (Å²) in [6.45, 7) is 10.7. The van der Waals surface area contributed by atoms with Gasteiger partial charge in [0, 0.05) is 12.1 Å². The summed E-state index contributed by atoms with van der Waals surface area (Å²) in [7, 11) is 0. The molecule has 19 heavy (non-hydrogen) atoms. The lowest BCUT2D eigenvalue weighted by molar-refractivity contribution is 0.212. The normalized spacial score (nSPS) is 17.5. The third-order valence-corrected chi connectivity index (χ3v) is 4.44. The molecule has 1 N–H and O–H groups in total. The molecular weight excluding hydrogens is 232 g/mol. The molecule has 0 saturated heterocycles. The van der Waals surface area contributed by atoms with E-state index in [4.69, 9.17) is 0 Å². The first-order valence-electron chi connectivity index (χ1n) is 8.71. The van der Waals surface area contributed by atoms with E-state index in [2.05, 4.69) is 31.0 Å². The van der Waals surface area contributed by atoms with E-state index < -0.39 is 0 Å². The lowest BCUT2D eigenvalue weighted by Crippen LogP contribution is -2.36. The molecule has 0 atom stereocenters. The SMILES string of the molecule is CCCCCN(CCCNC1CCCCC1)C(C)C. The molecule has 0 aromatic carbocycles.